The van der Waals surface area contributed by atoms with Crippen LogP contribution in [0.25, 0.3) is 10.9 Å². The van der Waals surface area contributed by atoms with Crippen molar-refractivity contribution in [1.29, 1.82) is 0 Å². The molecule has 0 bridgehead atoms. The molecule has 2 fully saturated rings. The average Bonchev–Trinajstić information content (AvgIpc) is 3.10. The van der Waals surface area contributed by atoms with E-state index in [-0.39, 0.29) is 32.0 Å². The van der Waals surface area contributed by atoms with Gasteiger partial charge in [-0.1, -0.05) is 18.2 Å². The number of nitrogens with zero attached hydrogens (tertiary/aromatic N) is 3. The number of urea groups is 2. The van der Waals surface area contributed by atoms with Gasteiger partial charge in [-0.15, -0.1) is 0 Å². The smallest absolute Gasteiger partial charge is 0.328 e. The molecule has 2 aliphatic rings. The van der Waals surface area contributed by atoms with E-state index in [1.165, 1.54) is 9.80 Å². The fraction of sp³-hybridized carbons (Fsp3) is 0.333. The van der Waals surface area contributed by atoms with Crippen LogP contribution in [0.4, 0.5) is 9.59 Å². The number of carbonyl (C=O) groups excluding carboxylic acids is 4. The van der Waals surface area contributed by atoms with Gasteiger partial charge in [-0.3, -0.25) is 14.5 Å². The van der Waals surface area contributed by atoms with Crippen molar-refractivity contribution in [3.63, 3.8) is 0 Å². The summed E-state index contributed by atoms with van der Waals surface area (Å²) in [5, 5.41) is 0.761. The highest BCUT2D eigenvalue weighted by molar-refractivity contribution is 6.14. The number of Topliss-reactive ketones (excluding diaryl/α,β-unsaturated/α-hetero) is 1. The highest BCUT2D eigenvalue weighted by Gasteiger charge is 2.48. The van der Waals surface area contributed by atoms with Crippen molar-refractivity contribution in [2.45, 2.75) is 13.0 Å². The van der Waals surface area contributed by atoms with E-state index in [2.05, 4.69) is 4.98 Å². The lowest BCUT2D eigenvalue weighted by molar-refractivity contribution is -0.128. The molecule has 0 radical (unpaired) electrons. The topological polar surface area (TPSA) is 120 Å². The number of aromatic nitrogens is 1. The molecule has 27 heavy (non-hydrogen) atoms. The molecule has 3 N–H and O–H groups in total. The Morgan fingerprint density at radius 1 is 1.22 bits per heavy atom. The minimum Gasteiger partial charge on any atom is -0.358 e. The van der Waals surface area contributed by atoms with Crippen LogP contribution in [-0.4, -0.2) is 75.7 Å². The summed E-state index contributed by atoms with van der Waals surface area (Å²) in [6.07, 6.45) is 0. The molecule has 1 aromatic carbocycles. The van der Waals surface area contributed by atoms with Crippen molar-refractivity contribution in [3.05, 3.63) is 35.5 Å². The van der Waals surface area contributed by atoms with Crippen LogP contribution < -0.4 is 5.73 Å². The second-order valence-electron chi connectivity index (χ2n) is 6.79. The summed E-state index contributed by atoms with van der Waals surface area (Å²) in [4.78, 5) is 56.4. The zero-order chi connectivity index (χ0) is 19.3. The van der Waals surface area contributed by atoms with Crippen LogP contribution in [0.15, 0.2) is 24.3 Å². The Hall–Kier alpha value is -3.36. The number of aromatic amines is 1. The molecule has 9 nitrogen and oxygen atoms in total. The van der Waals surface area contributed by atoms with Crippen LogP contribution in [0, 0.1) is 6.92 Å². The molecule has 2 aromatic rings. The van der Waals surface area contributed by atoms with Crippen LogP contribution in [0.1, 0.15) is 16.1 Å². The van der Waals surface area contributed by atoms with Gasteiger partial charge in [0.05, 0.1) is 13.1 Å². The first kappa shape index (κ1) is 17.1. The van der Waals surface area contributed by atoms with E-state index in [0.717, 1.165) is 15.8 Å². The summed E-state index contributed by atoms with van der Waals surface area (Å²) in [6, 6.07) is 5.48. The van der Waals surface area contributed by atoms with Gasteiger partial charge >= 0.3 is 12.1 Å². The number of hydrogen-bond acceptors (Lipinski definition) is 4. The van der Waals surface area contributed by atoms with Gasteiger partial charge in [-0.05, 0) is 13.0 Å². The number of para-hydroxylation sites is 1. The number of H-pyrrole nitrogens is 1. The van der Waals surface area contributed by atoms with Crippen LogP contribution >= 0.6 is 0 Å². The summed E-state index contributed by atoms with van der Waals surface area (Å²) < 4.78 is 0. The fourth-order valence-electron chi connectivity index (χ4n) is 3.86. The van der Waals surface area contributed by atoms with Gasteiger partial charge in [-0.25, -0.2) is 9.59 Å². The lowest BCUT2D eigenvalue weighted by Gasteiger charge is -2.34. The largest absolute Gasteiger partial charge is 0.358 e. The van der Waals surface area contributed by atoms with Crippen molar-refractivity contribution in [3.8, 4) is 0 Å². The highest BCUT2D eigenvalue weighted by Crippen LogP contribution is 2.25. The number of carbonyl (C=O) groups is 4. The van der Waals surface area contributed by atoms with Gasteiger partial charge in [0.25, 0.3) is 5.91 Å². The molecular formula is C18H19N5O4. The molecular weight excluding hydrogens is 350 g/mol. The van der Waals surface area contributed by atoms with Crippen LogP contribution in [0.3, 0.4) is 0 Å². The summed E-state index contributed by atoms with van der Waals surface area (Å²) in [5.41, 5.74) is 7.28. The summed E-state index contributed by atoms with van der Waals surface area (Å²) >= 11 is 0. The highest BCUT2D eigenvalue weighted by atomic mass is 16.2. The first-order valence-electron chi connectivity index (χ1n) is 8.65. The van der Waals surface area contributed by atoms with E-state index < -0.39 is 24.0 Å². The third-order valence-corrected chi connectivity index (χ3v) is 5.19. The molecule has 0 saturated carbocycles. The molecule has 4 rings (SSSR count). The van der Waals surface area contributed by atoms with E-state index in [1.54, 1.807) is 6.92 Å². The van der Waals surface area contributed by atoms with Crippen molar-refractivity contribution in [1.82, 2.24) is 19.7 Å². The minimum absolute atomic E-state index is 0.0523. The number of amides is 5. The fourth-order valence-corrected chi connectivity index (χ4v) is 3.86. The Morgan fingerprint density at radius 3 is 2.70 bits per heavy atom. The first-order chi connectivity index (χ1) is 12.9. The number of rotatable bonds is 3. The van der Waals surface area contributed by atoms with Crippen LogP contribution in [0.2, 0.25) is 0 Å². The van der Waals surface area contributed by atoms with Crippen molar-refractivity contribution < 1.29 is 19.2 Å². The SMILES string of the molecule is Cc1[nH]c2ccccc2c1C(=O)CN1C(=O)C2CN(C(N)=O)CCN2C1=O. The van der Waals surface area contributed by atoms with Gasteiger partial charge < -0.3 is 20.5 Å². The number of benzene rings is 1. The second kappa shape index (κ2) is 6.11. The Morgan fingerprint density at radius 2 is 1.96 bits per heavy atom. The molecule has 1 aromatic heterocycles. The summed E-state index contributed by atoms with van der Waals surface area (Å²) in [7, 11) is 0. The number of piperazine rings is 1. The molecule has 0 aliphatic carbocycles. The molecule has 9 heteroatoms. The number of ketones is 1. The lowest BCUT2D eigenvalue weighted by atomic mass is 10.1. The van der Waals surface area contributed by atoms with Crippen LogP contribution in [0.5, 0.6) is 0 Å². The maximum atomic E-state index is 12.9. The standard InChI is InChI=1S/C18H19N5O4/c1-10-15(11-4-2-3-5-12(11)20-10)14(24)9-23-16(25)13-8-21(17(19)26)6-7-22(13)18(23)27/h2-5,13,20H,6-9H2,1H3,(H2,19,26). The molecule has 1 atom stereocenters. The molecule has 5 amide bonds. The molecule has 2 aliphatic heterocycles. The van der Waals surface area contributed by atoms with E-state index >= 15 is 0 Å². The number of fused-ring (bicyclic) bond motifs is 2. The maximum absolute atomic E-state index is 12.9. The molecule has 140 valence electrons. The molecule has 2 saturated heterocycles. The predicted molar refractivity (Wildman–Crippen MR) is 96.1 cm³/mol. The van der Waals surface area contributed by atoms with Crippen molar-refractivity contribution >= 4 is 34.7 Å². The van der Waals surface area contributed by atoms with Crippen LogP contribution in [-0.2, 0) is 4.79 Å². The van der Waals surface area contributed by atoms with Gasteiger partial charge in [0, 0.05) is 35.2 Å². The number of primary amides is 1. The predicted octanol–water partition coefficient (Wildman–Crippen LogP) is 0.686. The Balaban J connectivity index is 1.58. The zero-order valence-corrected chi connectivity index (χ0v) is 14.8. The third kappa shape index (κ3) is 2.62. The van der Waals surface area contributed by atoms with E-state index in [0.29, 0.717) is 11.3 Å². The van der Waals surface area contributed by atoms with E-state index in [1.807, 2.05) is 24.3 Å². The quantitative estimate of drug-likeness (QED) is 0.611. The van der Waals surface area contributed by atoms with Gasteiger partial charge in [-0.2, -0.15) is 0 Å². The lowest BCUT2D eigenvalue weighted by Crippen LogP contribution is -2.55. The number of hydrogen-bond donors (Lipinski definition) is 2. The van der Waals surface area contributed by atoms with E-state index in [9.17, 15) is 19.2 Å². The number of aryl methyl sites for hydroxylation is 1. The van der Waals surface area contributed by atoms with Gasteiger partial charge in [0.1, 0.15) is 6.04 Å². The molecule has 3 heterocycles. The van der Waals surface area contributed by atoms with Gasteiger partial charge in [0.15, 0.2) is 5.78 Å². The average molecular weight is 369 g/mol. The van der Waals surface area contributed by atoms with E-state index in [4.69, 9.17) is 5.73 Å². The monoisotopic (exact) mass is 369 g/mol. The Kier molecular flexibility index (Phi) is 3.87. The van der Waals surface area contributed by atoms with Crippen molar-refractivity contribution in [2.24, 2.45) is 5.73 Å². The molecule has 1 unspecified atom stereocenters. The van der Waals surface area contributed by atoms with Gasteiger partial charge in [0.2, 0.25) is 0 Å². The Bertz CT molecular complexity index is 981. The normalized spacial score (nSPS) is 19.7. The molecule has 0 spiro atoms. The number of imide groups is 1. The number of nitrogens with one attached hydrogen (secondary N) is 1. The second-order valence-corrected chi connectivity index (χ2v) is 6.79. The maximum Gasteiger partial charge on any atom is 0.328 e. The number of nitrogens with two attached hydrogens (primary N) is 1. The van der Waals surface area contributed by atoms with Crippen molar-refractivity contribution in [2.75, 3.05) is 26.2 Å². The first-order valence-corrected chi connectivity index (χ1v) is 8.65. The third-order valence-electron chi connectivity index (χ3n) is 5.19. The minimum atomic E-state index is -0.782. The summed E-state index contributed by atoms with van der Waals surface area (Å²) in [5.74, 6) is -0.782. The zero-order valence-electron chi connectivity index (χ0n) is 14.8. The Labute approximate surface area is 154 Å². The summed E-state index contributed by atoms with van der Waals surface area (Å²) in [6.45, 7) is 2.00.